The topological polar surface area (TPSA) is 83.8 Å². The molecule has 0 aliphatic carbocycles. The first-order valence-electron chi connectivity index (χ1n) is 4.50. The maximum atomic E-state index is 9.40. The van der Waals surface area contributed by atoms with Crippen LogP contribution in [0.3, 0.4) is 0 Å². The molecule has 1 aromatic heterocycles. The molecule has 0 spiro atoms. The molecule has 0 amide bonds. The lowest BCUT2D eigenvalue weighted by Crippen LogP contribution is -2.19. The van der Waals surface area contributed by atoms with Crippen molar-refractivity contribution in [3.8, 4) is 0 Å². The van der Waals surface area contributed by atoms with Crippen LogP contribution >= 0.6 is 12.4 Å². The quantitative estimate of drug-likeness (QED) is 0.501. The molecule has 0 aliphatic rings. The predicted octanol–water partition coefficient (Wildman–Crippen LogP) is -0.111. The summed E-state index contributed by atoms with van der Waals surface area (Å²) in [5.74, 6) is 0. The summed E-state index contributed by atoms with van der Waals surface area (Å²) >= 11 is 0. The van der Waals surface area contributed by atoms with E-state index in [0.717, 1.165) is 11.2 Å². The number of hydrogen-bond acceptors (Lipinski definition) is 4. The minimum atomic E-state index is -0.0936. The fraction of sp³-hybridized carbons (Fsp3) is 0.444. The number of pyridine rings is 1. The molecule has 0 bridgehead atoms. The van der Waals surface area contributed by atoms with E-state index in [4.69, 9.17) is 10.8 Å². The van der Waals surface area contributed by atoms with Crippen LogP contribution < -0.4 is 11.2 Å². The van der Waals surface area contributed by atoms with Gasteiger partial charge >= 0.3 is 0 Å². The molecule has 0 atom stereocenters. The standard InChI is InChI=1S/C9H15N3O2.ClH/c10-4-1-5-11-9-3-2-8(7-13)6-12(9)14;/h2-3,6,13-14H,1,4-5,7,10H2;1H. The Morgan fingerprint density at radius 1 is 1.40 bits per heavy atom. The first-order valence-corrected chi connectivity index (χ1v) is 4.50. The monoisotopic (exact) mass is 233 g/mol. The molecule has 0 aliphatic heterocycles. The highest BCUT2D eigenvalue weighted by Crippen LogP contribution is 1.92. The van der Waals surface area contributed by atoms with Gasteiger partial charge in [0.2, 0.25) is 0 Å². The van der Waals surface area contributed by atoms with Crippen LogP contribution in [-0.2, 0) is 6.61 Å². The van der Waals surface area contributed by atoms with Gasteiger partial charge in [0.25, 0.3) is 0 Å². The van der Waals surface area contributed by atoms with Gasteiger partial charge in [-0.05, 0) is 24.6 Å². The Balaban J connectivity index is 0.00000196. The van der Waals surface area contributed by atoms with E-state index in [1.165, 1.54) is 6.20 Å². The van der Waals surface area contributed by atoms with Gasteiger partial charge in [-0.2, -0.15) is 4.73 Å². The van der Waals surface area contributed by atoms with Crippen molar-refractivity contribution in [2.75, 3.05) is 13.1 Å². The van der Waals surface area contributed by atoms with E-state index in [0.29, 0.717) is 24.1 Å². The van der Waals surface area contributed by atoms with Crippen LogP contribution in [0.2, 0.25) is 0 Å². The highest BCUT2D eigenvalue weighted by Gasteiger charge is 1.93. The molecule has 0 aromatic carbocycles. The molecule has 1 aromatic rings. The molecular formula is C9H16ClN3O2. The normalized spacial score (nSPS) is 11.2. The SMILES string of the molecule is Cl.NCCCN=c1ccc(CO)cn1O. The number of rotatable bonds is 4. The zero-order valence-electron chi connectivity index (χ0n) is 8.33. The second-order valence-electron chi connectivity index (χ2n) is 2.92. The van der Waals surface area contributed by atoms with Crippen LogP contribution in [-0.4, -0.2) is 28.1 Å². The number of aliphatic hydroxyl groups is 1. The molecule has 4 N–H and O–H groups in total. The lowest BCUT2D eigenvalue weighted by atomic mass is 10.3. The largest absolute Gasteiger partial charge is 0.427 e. The van der Waals surface area contributed by atoms with Crippen molar-refractivity contribution in [2.45, 2.75) is 13.0 Å². The Kier molecular flexibility index (Phi) is 6.77. The zero-order valence-corrected chi connectivity index (χ0v) is 9.15. The Morgan fingerprint density at radius 2 is 2.13 bits per heavy atom. The van der Waals surface area contributed by atoms with E-state index in [1.54, 1.807) is 12.1 Å². The first-order chi connectivity index (χ1) is 6.77. The van der Waals surface area contributed by atoms with Crippen LogP contribution in [0.1, 0.15) is 12.0 Å². The zero-order chi connectivity index (χ0) is 10.4. The lowest BCUT2D eigenvalue weighted by Gasteiger charge is -2.01. The van der Waals surface area contributed by atoms with Gasteiger partial charge < -0.3 is 16.0 Å². The third-order valence-corrected chi connectivity index (χ3v) is 1.79. The summed E-state index contributed by atoms with van der Waals surface area (Å²) in [7, 11) is 0. The fourth-order valence-electron chi connectivity index (χ4n) is 1.03. The second kappa shape index (κ2) is 7.28. The molecule has 1 rings (SSSR count). The van der Waals surface area contributed by atoms with E-state index in [1.807, 2.05) is 0 Å². The number of aromatic nitrogens is 1. The molecule has 1 heterocycles. The first kappa shape index (κ1) is 14.0. The third-order valence-electron chi connectivity index (χ3n) is 1.79. The van der Waals surface area contributed by atoms with Gasteiger partial charge in [-0.15, -0.1) is 12.4 Å². The number of halogens is 1. The smallest absolute Gasteiger partial charge is 0.163 e. The van der Waals surface area contributed by atoms with Crippen molar-refractivity contribution >= 4 is 12.4 Å². The van der Waals surface area contributed by atoms with Gasteiger partial charge in [-0.25, -0.2) is 0 Å². The highest BCUT2D eigenvalue weighted by molar-refractivity contribution is 5.85. The minimum Gasteiger partial charge on any atom is -0.427 e. The Bertz CT molecular complexity index is 351. The maximum Gasteiger partial charge on any atom is 0.163 e. The van der Waals surface area contributed by atoms with Crippen LogP contribution in [0, 0.1) is 0 Å². The van der Waals surface area contributed by atoms with E-state index >= 15 is 0 Å². The highest BCUT2D eigenvalue weighted by atomic mass is 35.5. The molecule has 0 radical (unpaired) electrons. The Hall–Kier alpha value is -1.04. The van der Waals surface area contributed by atoms with Gasteiger partial charge in [-0.1, -0.05) is 6.07 Å². The number of hydrogen-bond donors (Lipinski definition) is 3. The molecule has 0 saturated heterocycles. The van der Waals surface area contributed by atoms with Gasteiger partial charge in [0.1, 0.15) is 0 Å². The van der Waals surface area contributed by atoms with Gasteiger partial charge in [-0.3, -0.25) is 4.99 Å². The average Bonchev–Trinajstić information content (AvgIpc) is 2.20. The summed E-state index contributed by atoms with van der Waals surface area (Å²) in [5.41, 5.74) is 6.43. The summed E-state index contributed by atoms with van der Waals surface area (Å²) in [6.45, 7) is 1.09. The predicted molar refractivity (Wildman–Crippen MR) is 58.9 cm³/mol. The van der Waals surface area contributed by atoms with Crippen LogP contribution in [0.5, 0.6) is 0 Å². The van der Waals surface area contributed by atoms with Crippen molar-refractivity contribution in [2.24, 2.45) is 10.7 Å². The molecule has 6 heteroatoms. The van der Waals surface area contributed by atoms with Crippen molar-refractivity contribution in [1.82, 2.24) is 4.73 Å². The summed E-state index contributed by atoms with van der Waals surface area (Å²) in [6, 6.07) is 3.37. The maximum absolute atomic E-state index is 9.40. The van der Waals surface area contributed by atoms with Crippen molar-refractivity contribution in [3.63, 3.8) is 0 Å². The van der Waals surface area contributed by atoms with Crippen molar-refractivity contribution in [3.05, 3.63) is 29.4 Å². The average molecular weight is 234 g/mol. The van der Waals surface area contributed by atoms with E-state index in [9.17, 15) is 5.21 Å². The van der Waals surface area contributed by atoms with Crippen molar-refractivity contribution in [1.29, 1.82) is 0 Å². The molecule has 15 heavy (non-hydrogen) atoms. The lowest BCUT2D eigenvalue weighted by molar-refractivity contribution is 0.168. The number of aliphatic hydroxyl groups excluding tert-OH is 1. The van der Waals surface area contributed by atoms with Crippen LogP contribution in [0.25, 0.3) is 0 Å². The minimum absolute atomic E-state index is 0. The number of nitrogens with two attached hydrogens (primary N) is 1. The Labute approximate surface area is 94.3 Å². The number of nitrogens with zero attached hydrogens (tertiary/aromatic N) is 2. The van der Waals surface area contributed by atoms with Crippen LogP contribution in [0.15, 0.2) is 23.3 Å². The van der Waals surface area contributed by atoms with Gasteiger partial charge in [0, 0.05) is 6.54 Å². The Morgan fingerprint density at radius 3 is 2.67 bits per heavy atom. The summed E-state index contributed by atoms with van der Waals surface area (Å²) in [6.07, 6.45) is 2.23. The fourth-order valence-corrected chi connectivity index (χ4v) is 1.03. The van der Waals surface area contributed by atoms with E-state index < -0.39 is 0 Å². The van der Waals surface area contributed by atoms with Crippen molar-refractivity contribution < 1.29 is 10.3 Å². The summed E-state index contributed by atoms with van der Waals surface area (Å²) in [5, 5.41) is 18.2. The van der Waals surface area contributed by atoms with E-state index in [-0.39, 0.29) is 19.0 Å². The third kappa shape index (κ3) is 4.33. The van der Waals surface area contributed by atoms with Gasteiger partial charge in [0.05, 0.1) is 12.8 Å². The molecule has 0 saturated carbocycles. The second-order valence-corrected chi connectivity index (χ2v) is 2.92. The summed E-state index contributed by atoms with van der Waals surface area (Å²) in [4.78, 5) is 4.12. The van der Waals surface area contributed by atoms with Gasteiger partial charge in [0.15, 0.2) is 5.49 Å². The molecule has 0 fully saturated rings. The van der Waals surface area contributed by atoms with Crippen LogP contribution in [0.4, 0.5) is 0 Å². The van der Waals surface area contributed by atoms with E-state index in [2.05, 4.69) is 4.99 Å². The molecule has 86 valence electrons. The molecule has 5 nitrogen and oxygen atoms in total. The molecule has 0 unspecified atom stereocenters. The summed E-state index contributed by atoms with van der Waals surface area (Å²) < 4.78 is 0.905. The molecular weight excluding hydrogens is 218 g/mol.